The highest BCUT2D eigenvalue weighted by molar-refractivity contribution is 14.1. The van der Waals surface area contributed by atoms with Crippen molar-refractivity contribution in [1.82, 2.24) is 0 Å². The average molecular weight is 491 g/mol. The first-order valence-electron chi connectivity index (χ1n) is 6.23. The van der Waals surface area contributed by atoms with Crippen molar-refractivity contribution in [2.45, 2.75) is 24.7 Å². The van der Waals surface area contributed by atoms with Crippen LogP contribution in [0.3, 0.4) is 0 Å². The predicted octanol–water partition coefficient (Wildman–Crippen LogP) is 7.62. The van der Waals surface area contributed by atoms with Gasteiger partial charge in [-0.2, -0.15) is 8.78 Å². The summed E-state index contributed by atoms with van der Waals surface area (Å²) in [6.07, 6.45) is -0.228. The van der Waals surface area contributed by atoms with Crippen LogP contribution < -0.4 is 0 Å². The van der Waals surface area contributed by atoms with Crippen LogP contribution >= 0.6 is 69.3 Å². The molecule has 2 aromatic carbocycles. The summed E-state index contributed by atoms with van der Waals surface area (Å²) in [6, 6.07) is 14.4. The van der Waals surface area contributed by atoms with E-state index in [0.29, 0.717) is 10.0 Å². The maximum absolute atomic E-state index is 13.4. The summed E-state index contributed by atoms with van der Waals surface area (Å²) in [5, 5.41) is 1.26. The van der Waals surface area contributed by atoms with Crippen LogP contribution in [0.1, 0.15) is 6.42 Å². The molecule has 118 valence electrons. The molecule has 0 spiro atoms. The normalized spacial score (nSPS) is 11.9. The Morgan fingerprint density at radius 1 is 0.864 bits per heavy atom. The van der Waals surface area contributed by atoms with Crippen LogP contribution in [0.15, 0.2) is 58.3 Å². The first kappa shape index (κ1) is 18.6. The lowest BCUT2D eigenvalue weighted by molar-refractivity contribution is 0.122. The summed E-state index contributed by atoms with van der Waals surface area (Å²) in [7, 11) is 0. The Morgan fingerprint density at radius 2 is 1.23 bits per heavy atom. The van der Waals surface area contributed by atoms with Crippen LogP contribution in [0.2, 0.25) is 10.0 Å². The quantitative estimate of drug-likeness (QED) is 0.177. The van der Waals surface area contributed by atoms with Crippen LogP contribution in [0.5, 0.6) is 0 Å². The van der Waals surface area contributed by atoms with E-state index in [1.807, 2.05) is 24.3 Å². The molecule has 0 radical (unpaired) electrons. The van der Waals surface area contributed by atoms with Crippen molar-refractivity contribution >= 4 is 69.3 Å². The summed E-state index contributed by atoms with van der Waals surface area (Å²) in [5.41, 5.74) is 0. The summed E-state index contributed by atoms with van der Waals surface area (Å²) in [4.78, 5) is 1.83. The highest BCUT2D eigenvalue weighted by Crippen LogP contribution is 2.43. The van der Waals surface area contributed by atoms with Crippen LogP contribution in [0.4, 0.5) is 8.78 Å². The SMILES string of the molecule is FC(F)(I)CC(Sc1ccc(Cl)cc1)Sc1ccc(Cl)cc1. The second kappa shape index (κ2) is 8.42. The number of alkyl halides is 3. The zero-order chi connectivity index (χ0) is 16.2. The molecule has 0 heterocycles. The standard InChI is InChI=1S/C15H11Cl2F2IS2/c16-10-1-5-12(6-2-10)21-14(9-15(18,19)20)22-13-7-3-11(17)4-8-13/h1-8,14H,9H2. The van der Waals surface area contributed by atoms with E-state index in [2.05, 4.69) is 0 Å². The van der Waals surface area contributed by atoms with Crippen molar-refractivity contribution in [1.29, 1.82) is 0 Å². The molecule has 0 atom stereocenters. The number of halogens is 5. The van der Waals surface area contributed by atoms with Crippen molar-refractivity contribution in [3.63, 3.8) is 0 Å². The van der Waals surface area contributed by atoms with Gasteiger partial charge in [-0.15, -0.1) is 23.5 Å². The Labute approximate surface area is 160 Å². The molecule has 2 aromatic rings. The molecule has 0 saturated heterocycles. The largest absolute Gasteiger partial charge is 0.298 e. The van der Waals surface area contributed by atoms with Gasteiger partial charge in [0.15, 0.2) is 0 Å². The molecule has 22 heavy (non-hydrogen) atoms. The maximum atomic E-state index is 13.4. The Bertz CT molecular complexity index is 553. The average Bonchev–Trinajstić information content (AvgIpc) is 2.42. The Morgan fingerprint density at radius 3 is 1.55 bits per heavy atom. The summed E-state index contributed by atoms with van der Waals surface area (Å²) >= 11 is 15.7. The van der Waals surface area contributed by atoms with E-state index < -0.39 is 3.93 Å². The maximum Gasteiger partial charge on any atom is 0.298 e. The van der Waals surface area contributed by atoms with Gasteiger partial charge >= 0.3 is 0 Å². The monoisotopic (exact) mass is 490 g/mol. The second-order valence-electron chi connectivity index (χ2n) is 4.39. The second-order valence-corrected chi connectivity index (χ2v) is 9.69. The van der Waals surface area contributed by atoms with Crippen molar-refractivity contribution < 1.29 is 8.78 Å². The Kier molecular flexibility index (Phi) is 7.14. The number of benzene rings is 2. The highest BCUT2D eigenvalue weighted by atomic mass is 127. The lowest BCUT2D eigenvalue weighted by Gasteiger charge is -2.19. The van der Waals surface area contributed by atoms with Crippen LogP contribution in [0, 0.1) is 0 Å². The fourth-order valence-electron chi connectivity index (χ4n) is 1.63. The number of thioether (sulfide) groups is 2. The Balaban J connectivity index is 2.11. The number of hydrogen-bond donors (Lipinski definition) is 0. The minimum absolute atomic E-state index is 0.228. The van der Waals surface area contributed by atoms with Gasteiger partial charge in [-0.05, 0) is 71.1 Å². The smallest absolute Gasteiger partial charge is 0.195 e. The van der Waals surface area contributed by atoms with Gasteiger partial charge in [0.2, 0.25) is 0 Å². The third-order valence-corrected chi connectivity index (χ3v) is 6.03. The molecular formula is C15H11Cl2F2IS2. The van der Waals surface area contributed by atoms with E-state index in [0.717, 1.165) is 9.79 Å². The summed E-state index contributed by atoms with van der Waals surface area (Å²) in [6.45, 7) is 0. The van der Waals surface area contributed by atoms with Gasteiger partial charge in [0.1, 0.15) is 0 Å². The van der Waals surface area contributed by atoms with Gasteiger partial charge in [0.25, 0.3) is 3.93 Å². The molecule has 0 aromatic heterocycles. The van der Waals surface area contributed by atoms with E-state index >= 15 is 0 Å². The van der Waals surface area contributed by atoms with E-state index in [4.69, 9.17) is 23.2 Å². The highest BCUT2D eigenvalue weighted by Gasteiger charge is 2.30. The predicted molar refractivity (Wildman–Crippen MR) is 102 cm³/mol. The van der Waals surface area contributed by atoms with Crippen LogP contribution in [0.25, 0.3) is 0 Å². The van der Waals surface area contributed by atoms with Crippen LogP contribution in [-0.4, -0.2) is 8.51 Å². The molecule has 2 rings (SSSR count). The molecule has 0 aliphatic carbocycles. The van der Waals surface area contributed by atoms with Crippen molar-refractivity contribution in [3.8, 4) is 0 Å². The Hall–Kier alpha value is 0.310. The molecule has 0 saturated carbocycles. The van der Waals surface area contributed by atoms with E-state index in [-0.39, 0.29) is 11.0 Å². The number of hydrogen-bond acceptors (Lipinski definition) is 2. The van der Waals surface area contributed by atoms with Gasteiger partial charge in [-0.1, -0.05) is 23.2 Å². The third-order valence-electron chi connectivity index (χ3n) is 2.56. The topological polar surface area (TPSA) is 0 Å². The minimum Gasteiger partial charge on any atom is -0.195 e. The van der Waals surface area contributed by atoms with Crippen LogP contribution in [-0.2, 0) is 0 Å². The molecular weight excluding hydrogens is 480 g/mol. The van der Waals surface area contributed by atoms with E-state index in [9.17, 15) is 8.78 Å². The van der Waals surface area contributed by atoms with Gasteiger partial charge in [0, 0.05) is 26.3 Å². The zero-order valence-corrected chi connectivity index (χ0v) is 16.4. The molecule has 0 nitrogen and oxygen atoms in total. The number of rotatable bonds is 6. The van der Waals surface area contributed by atoms with Gasteiger partial charge in [-0.3, -0.25) is 0 Å². The van der Waals surface area contributed by atoms with Gasteiger partial charge in [0.05, 0.1) is 4.58 Å². The van der Waals surface area contributed by atoms with Gasteiger partial charge < -0.3 is 0 Å². The van der Waals surface area contributed by atoms with Crippen molar-refractivity contribution in [2.75, 3.05) is 0 Å². The third kappa shape index (κ3) is 6.83. The molecule has 0 amide bonds. The van der Waals surface area contributed by atoms with E-state index in [1.165, 1.54) is 46.1 Å². The summed E-state index contributed by atoms with van der Waals surface area (Å²) in [5.74, 6) is 0. The lowest BCUT2D eigenvalue weighted by atomic mass is 10.4. The first-order valence-corrected chi connectivity index (χ1v) is 9.82. The minimum atomic E-state index is -2.75. The first-order chi connectivity index (χ1) is 10.3. The molecule has 0 bridgehead atoms. The molecule has 0 fully saturated rings. The fraction of sp³-hybridized carbons (Fsp3) is 0.200. The molecule has 7 heteroatoms. The molecule has 0 unspecified atom stereocenters. The fourth-order valence-corrected chi connectivity index (χ4v) is 5.55. The molecule has 0 aliphatic rings. The van der Waals surface area contributed by atoms with Crippen molar-refractivity contribution in [3.05, 3.63) is 58.6 Å². The zero-order valence-electron chi connectivity index (χ0n) is 11.1. The van der Waals surface area contributed by atoms with E-state index in [1.54, 1.807) is 24.3 Å². The summed E-state index contributed by atoms with van der Waals surface area (Å²) < 4.78 is 23.8. The van der Waals surface area contributed by atoms with Crippen molar-refractivity contribution in [2.24, 2.45) is 0 Å². The molecule has 0 aliphatic heterocycles. The molecule has 0 N–H and O–H groups in total. The lowest BCUT2D eigenvalue weighted by Crippen LogP contribution is -2.12. The van der Waals surface area contributed by atoms with Gasteiger partial charge in [-0.25, -0.2) is 0 Å².